The first-order chi connectivity index (χ1) is 40.8. The first-order valence-electron chi connectivity index (χ1n) is 28.1. The van der Waals surface area contributed by atoms with E-state index in [9.17, 15) is 0 Å². The van der Waals surface area contributed by atoms with E-state index in [-0.39, 0.29) is 0 Å². The van der Waals surface area contributed by atoms with E-state index in [1.165, 1.54) is 38.6 Å². The highest BCUT2D eigenvalue weighted by Crippen LogP contribution is 2.45. The molecule has 13 aromatic rings. The third kappa shape index (κ3) is 9.64. The van der Waals surface area contributed by atoms with Gasteiger partial charge in [0.1, 0.15) is 0 Å². The van der Waals surface area contributed by atoms with E-state index in [1.807, 2.05) is 85.0 Å². The summed E-state index contributed by atoms with van der Waals surface area (Å²) in [4.78, 5) is 15.8. The standard InChI is InChI=1S/C78H59N5/c1-7-24-54(8-2)25-23-32-55(9-3)67-48-62(78-80-76(59-28-15-11-16-29-59)79-77(81-78)60-30-17-12-18-31-60)49-68(58-39-37-57(38-40-58)56-26-13-10-14-27-56)75(67)83-72-44-41-61(74-52(5)45-51(4)46-53(74)6)47-69(72)66-43-42-63(50-73(66)83)82-70-35-21-19-33-64(70)65-34-20-22-36-71(65)82/h7-50H,1-3H2,4-6H3/b25-23+,54-24+,55-32+. The molecule has 5 heteroatoms. The molecule has 3 aromatic heterocycles. The molecule has 0 atom stereocenters. The molecular weight excluding hydrogens is 1010 g/mol. The third-order valence-electron chi connectivity index (χ3n) is 15.8. The largest absolute Gasteiger partial charge is 0.309 e. The van der Waals surface area contributed by atoms with Crippen molar-refractivity contribution in [3.05, 3.63) is 315 Å². The summed E-state index contributed by atoms with van der Waals surface area (Å²) in [5.41, 5.74) is 22.2. The van der Waals surface area contributed by atoms with E-state index in [4.69, 9.17) is 15.0 Å². The van der Waals surface area contributed by atoms with Crippen molar-refractivity contribution in [2.75, 3.05) is 0 Å². The Balaban J connectivity index is 1.18. The summed E-state index contributed by atoms with van der Waals surface area (Å²) in [5, 5.41) is 4.67. The van der Waals surface area contributed by atoms with Crippen molar-refractivity contribution in [2.24, 2.45) is 0 Å². The van der Waals surface area contributed by atoms with Gasteiger partial charge in [0.15, 0.2) is 17.5 Å². The molecule has 0 aliphatic heterocycles. The monoisotopic (exact) mass is 1070 g/mol. The minimum absolute atomic E-state index is 0.541. The molecule has 0 saturated carbocycles. The van der Waals surface area contributed by atoms with Crippen LogP contribution in [0.3, 0.4) is 0 Å². The topological polar surface area (TPSA) is 48.5 Å². The van der Waals surface area contributed by atoms with Gasteiger partial charge in [0.2, 0.25) is 0 Å². The molecule has 0 fully saturated rings. The molecule has 0 bridgehead atoms. The number of hydrogen-bond donors (Lipinski definition) is 0. The molecule has 5 nitrogen and oxygen atoms in total. The predicted octanol–water partition coefficient (Wildman–Crippen LogP) is 20.4. The molecule has 0 amide bonds. The van der Waals surface area contributed by atoms with Crippen LogP contribution >= 0.6 is 0 Å². The number of nitrogens with zero attached hydrogens (tertiary/aromatic N) is 5. The van der Waals surface area contributed by atoms with Crippen molar-refractivity contribution < 1.29 is 0 Å². The summed E-state index contributed by atoms with van der Waals surface area (Å²) in [5.74, 6) is 1.70. The van der Waals surface area contributed by atoms with Crippen LogP contribution in [0.5, 0.6) is 0 Å². The maximum Gasteiger partial charge on any atom is 0.164 e. The third-order valence-corrected chi connectivity index (χ3v) is 15.8. The van der Waals surface area contributed by atoms with Crippen LogP contribution in [0.1, 0.15) is 22.3 Å². The van der Waals surface area contributed by atoms with Gasteiger partial charge in [-0.1, -0.05) is 244 Å². The molecular formula is C78H59N5. The van der Waals surface area contributed by atoms with E-state index in [2.05, 4.69) is 226 Å². The van der Waals surface area contributed by atoms with Gasteiger partial charge in [-0.15, -0.1) is 0 Å². The van der Waals surface area contributed by atoms with Gasteiger partial charge >= 0.3 is 0 Å². The number of para-hydroxylation sites is 2. The van der Waals surface area contributed by atoms with Crippen LogP contribution in [0.25, 0.3) is 128 Å². The summed E-state index contributed by atoms with van der Waals surface area (Å²) in [6.07, 6.45) is 13.8. The Labute approximate surface area is 484 Å². The molecule has 0 aliphatic rings. The Morgan fingerprint density at radius 2 is 0.916 bits per heavy atom. The molecule has 0 N–H and O–H groups in total. The number of aryl methyl sites for hydroxylation is 3. The van der Waals surface area contributed by atoms with Crippen molar-refractivity contribution in [3.8, 4) is 78.9 Å². The minimum atomic E-state index is 0.541. The first kappa shape index (κ1) is 51.7. The molecule has 0 spiro atoms. The van der Waals surface area contributed by atoms with Crippen molar-refractivity contribution in [3.63, 3.8) is 0 Å². The fraction of sp³-hybridized carbons (Fsp3) is 0.0385. The number of allylic oxidation sites excluding steroid dienone is 9. The second-order valence-electron chi connectivity index (χ2n) is 21.1. The van der Waals surface area contributed by atoms with E-state index >= 15 is 0 Å². The number of rotatable bonds is 14. The summed E-state index contributed by atoms with van der Waals surface area (Å²) in [6, 6.07) is 80.4. The lowest BCUT2D eigenvalue weighted by Gasteiger charge is -2.22. The fourth-order valence-corrected chi connectivity index (χ4v) is 12.1. The molecule has 0 aliphatic carbocycles. The van der Waals surface area contributed by atoms with Crippen molar-refractivity contribution in [1.82, 2.24) is 24.1 Å². The lowest BCUT2D eigenvalue weighted by molar-refractivity contribution is 1.07. The van der Waals surface area contributed by atoms with Gasteiger partial charge in [0.05, 0.1) is 27.8 Å². The zero-order valence-electron chi connectivity index (χ0n) is 46.8. The van der Waals surface area contributed by atoms with Gasteiger partial charge in [-0.05, 0) is 119 Å². The molecule has 13 rings (SSSR count). The summed E-state index contributed by atoms with van der Waals surface area (Å²) in [7, 11) is 0. The van der Waals surface area contributed by atoms with Crippen LogP contribution in [-0.4, -0.2) is 24.1 Å². The Kier molecular flexibility index (Phi) is 13.7. The van der Waals surface area contributed by atoms with E-state index in [0.29, 0.717) is 17.5 Å². The normalized spacial score (nSPS) is 12.0. The average molecular weight is 1070 g/mol. The van der Waals surface area contributed by atoms with Crippen molar-refractivity contribution >= 4 is 49.2 Å². The fourth-order valence-electron chi connectivity index (χ4n) is 12.1. The van der Waals surface area contributed by atoms with Crippen molar-refractivity contribution in [1.29, 1.82) is 0 Å². The summed E-state index contributed by atoms with van der Waals surface area (Å²) >= 11 is 0. The highest BCUT2D eigenvalue weighted by Gasteiger charge is 2.25. The van der Waals surface area contributed by atoms with Gasteiger partial charge in [-0.2, -0.15) is 0 Å². The zero-order chi connectivity index (χ0) is 56.6. The second kappa shape index (κ2) is 22.1. The summed E-state index contributed by atoms with van der Waals surface area (Å²) in [6.45, 7) is 19.3. The van der Waals surface area contributed by atoms with E-state index in [1.54, 1.807) is 6.08 Å². The van der Waals surface area contributed by atoms with E-state index < -0.39 is 0 Å². The lowest BCUT2D eigenvalue weighted by Crippen LogP contribution is -2.05. The Bertz CT molecular complexity index is 4650. The Morgan fingerprint density at radius 3 is 1.51 bits per heavy atom. The number of aromatic nitrogens is 5. The molecule has 10 aromatic carbocycles. The van der Waals surface area contributed by atoms with Crippen molar-refractivity contribution in [2.45, 2.75) is 20.8 Å². The zero-order valence-corrected chi connectivity index (χ0v) is 46.8. The number of fused-ring (bicyclic) bond motifs is 6. The average Bonchev–Trinajstić information content (AvgIpc) is 2.23. The van der Waals surface area contributed by atoms with Gasteiger partial charge in [0, 0.05) is 55.0 Å². The summed E-state index contributed by atoms with van der Waals surface area (Å²) < 4.78 is 4.90. The van der Waals surface area contributed by atoms with Crippen LogP contribution in [0, 0.1) is 20.8 Å². The Morgan fingerprint density at radius 1 is 0.398 bits per heavy atom. The predicted molar refractivity (Wildman–Crippen MR) is 351 cm³/mol. The quantitative estimate of drug-likeness (QED) is 0.102. The first-order valence-corrected chi connectivity index (χ1v) is 28.1. The highest BCUT2D eigenvalue weighted by molar-refractivity contribution is 6.14. The molecule has 0 radical (unpaired) electrons. The van der Waals surface area contributed by atoms with Gasteiger partial charge < -0.3 is 9.13 Å². The van der Waals surface area contributed by atoms with E-state index in [0.717, 1.165) is 99.9 Å². The lowest BCUT2D eigenvalue weighted by atomic mass is 9.91. The molecule has 0 saturated heterocycles. The maximum atomic E-state index is 5.35. The molecule has 3 heterocycles. The van der Waals surface area contributed by atoms with Crippen LogP contribution < -0.4 is 0 Å². The van der Waals surface area contributed by atoms with Crippen LogP contribution in [0.15, 0.2) is 292 Å². The maximum absolute atomic E-state index is 5.35. The SMILES string of the molecule is C=C/C=C(C=C)/C=C/C=C(\C=C)c1cc(-c2nc(-c3ccccc3)nc(-c3ccccc3)n2)cc(-c2ccc(-c3ccccc3)cc2)c1-n1c2ccc(-c3c(C)cc(C)cc3C)cc2c2ccc(-n3c4ccccc4c4ccccc43)cc21. The molecule has 396 valence electrons. The highest BCUT2D eigenvalue weighted by atomic mass is 15.0. The van der Waals surface area contributed by atoms with Crippen LogP contribution in [-0.2, 0) is 0 Å². The molecule has 83 heavy (non-hydrogen) atoms. The smallest absolute Gasteiger partial charge is 0.164 e. The Hall–Kier alpha value is -10.8. The van der Waals surface area contributed by atoms with Gasteiger partial charge in [0.25, 0.3) is 0 Å². The van der Waals surface area contributed by atoms with Gasteiger partial charge in [-0.25, -0.2) is 15.0 Å². The number of hydrogen-bond acceptors (Lipinski definition) is 3. The second-order valence-corrected chi connectivity index (χ2v) is 21.1. The minimum Gasteiger partial charge on any atom is -0.309 e. The van der Waals surface area contributed by atoms with Crippen LogP contribution in [0.2, 0.25) is 0 Å². The van der Waals surface area contributed by atoms with Crippen LogP contribution in [0.4, 0.5) is 0 Å². The molecule has 0 unspecified atom stereocenters. The number of benzene rings is 10. The van der Waals surface area contributed by atoms with Gasteiger partial charge in [-0.3, -0.25) is 0 Å².